The van der Waals surface area contributed by atoms with E-state index in [-0.39, 0.29) is 5.54 Å². The zero-order valence-corrected chi connectivity index (χ0v) is 16.1. The summed E-state index contributed by atoms with van der Waals surface area (Å²) in [6.07, 6.45) is 7.25. The van der Waals surface area contributed by atoms with E-state index in [9.17, 15) is 0 Å². The van der Waals surface area contributed by atoms with E-state index < -0.39 is 0 Å². The van der Waals surface area contributed by atoms with Crippen LogP contribution in [0.15, 0.2) is 41.7 Å². The molecule has 0 radical (unpaired) electrons. The number of hydrogen-bond acceptors (Lipinski definition) is 4. The summed E-state index contributed by atoms with van der Waals surface area (Å²) in [7, 11) is 0. The van der Waals surface area contributed by atoms with Gasteiger partial charge < -0.3 is 5.73 Å². The maximum atomic E-state index is 6.13. The van der Waals surface area contributed by atoms with Crippen LogP contribution >= 0.6 is 11.8 Å². The number of aromatic nitrogens is 1. The summed E-state index contributed by atoms with van der Waals surface area (Å²) < 4.78 is 0. The fourth-order valence-electron chi connectivity index (χ4n) is 4.14. The van der Waals surface area contributed by atoms with Gasteiger partial charge in [-0.2, -0.15) is 0 Å². The number of nitrogens with zero attached hydrogens (tertiary/aromatic N) is 2. The summed E-state index contributed by atoms with van der Waals surface area (Å²) in [4.78, 5) is 9.31. The fourth-order valence-corrected chi connectivity index (χ4v) is 5.26. The Morgan fingerprint density at radius 3 is 2.96 bits per heavy atom. The van der Waals surface area contributed by atoms with Gasteiger partial charge in [-0.3, -0.25) is 9.98 Å². The van der Waals surface area contributed by atoms with Gasteiger partial charge in [0.15, 0.2) is 5.17 Å². The molecule has 1 aromatic carbocycles. The number of nitrogens with two attached hydrogens (primary N) is 1. The Bertz CT molecular complexity index is 938. The molecule has 0 fully saturated rings. The molecule has 2 N–H and O–H groups in total. The van der Waals surface area contributed by atoms with Gasteiger partial charge in [0.05, 0.1) is 5.54 Å². The maximum Gasteiger partial charge on any atom is 0.154 e. The Morgan fingerprint density at radius 1 is 1.23 bits per heavy atom. The van der Waals surface area contributed by atoms with Crippen molar-refractivity contribution >= 4 is 16.9 Å². The van der Waals surface area contributed by atoms with Crippen LogP contribution in [0.4, 0.5) is 0 Å². The van der Waals surface area contributed by atoms with Crippen LogP contribution in [-0.4, -0.2) is 15.9 Å². The number of benzene rings is 1. The minimum atomic E-state index is -0.231. The van der Waals surface area contributed by atoms with Crippen molar-refractivity contribution in [2.45, 2.75) is 38.6 Å². The number of aryl methyl sites for hydroxylation is 1. The summed E-state index contributed by atoms with van der Waals surface area (Å²) in [5, 5.41) is 0.712. The van der Waals surface area contributed by atoms with E-state index in [1.165, 1.54) is 29.5 Å². The van der Waals surface area contributed by atoms with Crippen molar-refractivity contribution in [3.05, 3.63) is 53.3 Å². The van der Waals surface area contributed by atoms with Crippen molar-refractivity contribution in [2.75, 3.05) is 5.75 Å². The largest absolute Gasteiger partial charge is 0.379 e. The smallest absolute Gasteiger partial charge is 0.154 e. The van der Waals surface area contributed by atoms with Gasteiger partial charge in [0.25, 0.3) is 0 Å². The van der Waals surface area contributed by atoms with Crippen LogP contribution in [0.25, 0.3) is 11.1 Å². The molecule has 2 atom stereocenters. The summed E-state index contributed by atoms with van der Waals surface area (Å²) in [6.45, 7) is 4.11. The van der Waals surface area contributed by atoms with Crippen LogP contribution in [0.2, 0.25) is 0 Å². The van der Waals surface area contributed by atoms with E-state index in [0.717, 1.165) is 23.3 Å². The van der Waals surface area contributed by atoms with Gasteiger partial charge in [-0.05, 0) is 67.9 Å². The molecule has 2 heterocycles. The number of fused-ring (bicyclic) bond motifs is 3. The number of pyridine rings is 1. The zero-order valence-electron chi connectivity index (χ0n) is 15.2. The monoisotopic (exact) mass is 361 g/mol. The summed E-state index contributed by atoms with van der Waals surface area (Å²) in [6, 6.07) is 8.88. The highest BCUT2D eigenvalue weighted by molar-refractivity contribution is 8.13. The first-order valence-corrected chi connectivity index (χ1v) is 10.1. The number of thioether (sulfide) groups is 1. The Hall–Kier alpha value is -2.25. The average Bonchev–Trinajstić information content (AvgIpc) is 2.78. The van der Waals surface area contributed by atoms with Crippen LogP contribution in [0.5, 0.6) is 0 Å². The quantitative estimate of drug-likeness (QED) is 0.768. The van der Waals surface area contributed by atoms with E-state index in [4.69, 9.17) is 10.7 Å². The van der Waals surface area contributed by atoms with Gasteiger partial charge in [-0.15, -0.1) is 5.92 Å². The second-order valence-corrected chi connectivity index (χ2v) is 8.25. The second-order valence-electron chi connectivity index (χ2n) is 7.21. The third-order valence-electron chi connectivity index (χ3n) is 5.56. The van der Waals surface area contributed by atoms with E-state index in [2.05, 4.69) is 48.0 Å². The van der Waals surface area contributed by atoms with Crippen molar-refractivity contribution in [3.8, 4) is 23.0 Å². The number of amidine groups is 1. The molecule has 1 aromatic heterocycles. The Kier molecular flexibility index (Phi) is 4.50. The van der Waals surface area contributed by atoms with Crippen molar-refractivity contribution in [2.24, 2.45) is 16.6 Å². The molecule has 0 bridgehead atoms. The lowest BCUT2D eigenvalue weighted by Gasteiger charge is -2.37. The number of hydrogen-bond donors (Lipinski definition) is 1. The summed E-state index contributed by atoms with van der Waals surface area (Å²) in [5.41, 5.74) is 11.8. The first-order valence-electron chi connectivity index (χ1n) is 9.10. The van der Waals surface area contributed by atoms with Crippen molar-refractivity contribution in [1.82, 2.24) is 4.98 Å². The zero-order chi connectivity index (χ0) is 18.1. The van der Waals surface area contributed by atoms with E-state index in [1.807, 2.05) is 19.3 Å². The van der Waals surface area contributed by atoms with Crippen molar-refractivity contribution < 1.29 is 0 Å². The Morgan fingerprint density at radius 2 is 2.12 bits per heavy atom. The Labute approximate surface area is 159 Å². The molecule has 0 unspecified atom stereocenters. The highest BCUT2D eigenvalue weighted by Gasteiger charge is 2.41. The SMILES string of the molecule is CC#Cc1cncc(-c2ccc3c(c2)[C@@]2(C)N=C(N)SC[C@H]2CCC3)c1. The standard InChI is InChI=1S/C22H23N3S/c1-3-5-15-10-18(13-24-12-15)17-9-8-16-6-4-7-19-14-26-21(23)25-22(19,2)20(16)11-17/h8-13,19H,4,6-7,14H2,1-2H3,(H2,23,25)/t19-,22+/m1/s1. The minimum Gasteiger partial charge on any atom is -0.379 e. The first-order chi connectivity index (χ1) is 12.6. The predicted molar refractivity (Wildman–Crippen MR) is 110 cm³/mol. The molecule has 4 rings (SSSR count). The van der Waals surface area contributed by atoms with Gasteiger partial charge in [0.1, 0.15) is 0 Å². The highest BCUT2D eigenvalue weighted by atomic mass is 32.2. The lowest BCUT2D eigenvalue weighted by Crippen LogP contribution is -2.37. The van der Waals surface area contributed by atoms with Gasteiger partial charge in [0.2, 0.25) is 0 Å². The van der Waals surface area contributed by atoms with Crippen molar-refractivity contribution in [3.63, 3.8) is 0 Å². The molecule has 0 spiro atoms. The molecule has 4 heteroatoms. The lowest BCUT2D eigenvalue weighted by molar-refractivity contribution is 0.317. The average molecular weight is 362 g/mol. The molecule has 2 aromatic rings. The van der Waals surface area contributed by atoms with E-state index in [1.54, 1.807) is 11.8 Å². The van der Waals surface area contributed by atoms with Gasteiger partial charge in [-0.25, -0.2) is 0 Å². The van der Waals surface area contributed by atoms with E-state index >= 15 is 0 Å². The normalized spacial score (nSPS) is 24.4. The number of aliphatic imine (C=N–C) groups is 1. The fraction of sp³-hybridized carbons (Fsp3) is 0.364. The molecule has 3 nitrogen and oxygen atoms in total. The third-order valence-corrected chi connectivity index (χ3v) is 6.52. The summed E-state index contributed by atoms with van der Waals surface area (Å²) in [5.74, 6) is 7.63. The van der Waals surface area contributed by atoms with Gasteiger partial charge >= 0.3 is 0 Å². The molecular weight excluding hydrogens is 338 g/mol. The van der Waals surface area contributed by atoms with Gasteiger partial charge in [0, 0.05) is 29.3 Å². The van der Waals surface area contributed by atoms with Crippen LogP contribution in [-0.2, 0) is 12.0 Å². The highest BCUT2D eigenvalue weighted by Crippen LogP contribution is 2.46. The van der Waals surface area contributed by atoms with Crippen LogP contribution in [0, 0.1) is 17.8 Å². The maximum absolute atomic E-state index is 6.13. The second kappa shape index (κ2) is 6.81. The molecule has 0 saturated carbocycles. The Balaban J connectivity index is 1.85. The predicted octanol–water partition coefficient (Wildman–Crippen LogP) is 4.35. The summed E-state index contributed by atoms with van der Waals surface area (Å²) >= 11 is 1.70. The van der Waals surface area contributed by atoms with Crippen LogP contribution in [0.3, 0.4) is 0 Å². The van der Waals surface area contributed by atoms with E-state index in [0.29, 0.717) is 11.1 Å². The topological polar surface area (TPSA) is 51.3 Å². The lowest BCUT2D eigenvalue weighted by atomic mass is 9.78. The van der Waals surface area contributed by atoms with Gasteiger partial charge in [-0.1, -0.05) is 29.8 Å². The first kappa shape index (κ1) is 17.2. The van der Waals surface area contributed by atoms with Crippen LogP contribution < -0.4 is 5.73 Å². The molecule has 132 valence electrons. The number of rotatable bonds is 1. The van der Waals surface area contributed by atoms with Crippen molar-refractivity contribution in [1.29, 1.82) is 0 Å². The molecule has 26 heavy (non-hydrogen) atoms. The molecule has 2 aliphatic rings. The molecule has 0 amide bonds. The molecule has 1 aliphatic carbocycles. The van der Waals surface area contributed by atoms with Crippen LogP contribution in [0.1, 0.15) is 43.4 Å². The molecule has 0 saturated heterocycles. The minimum absolute atomic E-state index is 0.231. The molecular formula is C22H23N3S. The third kappa shape index (κ3) is 3.01. The molecule has 1 aliphatic heterocycles.